The fourth-order valence-corrected chi connectivity index (χ4v) is 4.54. The maximum atomic E-state index is 13.6. The summed E-state index contributed by atoms with van der Waals surface area (Å²) in [5.41, 5.74) is 6.25. The first-order valence-electron chi connectivity index (χ1n) is 10.5. The summed E-state index contributed by atoms with van der Waals surface area (Å²) in [6.45, 7) is 8.92. The molecule has 32 heavy (non-hydrogen) atoms. The summed E-state index contributed by atoms with van der Waals surface area (Å²) in [6, 6.07) is 5.59. The van der Waals surface area contributed by atoms with Crippen LogP contribution >= 0.6 is 0 Å². The molecule has 0 unspecified atom stereocenters. The van der Waals surface area contributed by atoms with E-state index in [1.807, 2.05) is 20.8 Å². The molecule has 4 heterocycles. The van der Waals surface area contributed by atoms with Gasteiger partial charge >= 0.3 is 6.18 Å². The van der Waals surface area contributed by atoms with Crippen LogP contribution in [0.1, 0.15) is 37.7 Å². The maximum Gasteiger partial charge on any atom is 0.416 e. The summed E-state index contributed by atoms with van der Waals surface area (Å²) in [5, 5.41) is 0. The van der Waals surface area contributed by atoms with Gasteiger partial charge in [0.05, 0.1) is 30.7 Å². The highest BCUT2D eigenvalue weighted by atomic mass is 19.4. The molecule has 2 aromatic heterocycles. The third-order valence-corrected chi connectivity index (χ3v) is 6.08. The number of fused-ring (bicyclic) bond motifs is 1. The molecule has 2 fully saturated rings. The SMILES string of the molecule is CC(C)(C)c1nc2c(N3CC4(COC4)C3)nc(N)nc2n1Cc1ccccc1C(F)(F)F. The summed E-state index contributed by atoms with van der Waals surface area (Å²) in [7, 11) is 0. The fraction of sp³-hybridized carbons (Fsp3) is 0.500. The number of rotatable bonds is 3. The van der Waals surface area contributed by atoms with Crippen LogP contribution in [0.4, 0.5) is 24.9 Å². The van der Waals surface area contributed by atoms with Crippen LogP contribution in [0.5, 0.6) is 0 Å². The van der Waals surface area contributed by atoms with Crippen LogP contribution in [-0.2, 0) is 22.9 Å². The number of alkyl halides is 3. The van der Waals surface area contributed by atoms with Crippen molar-refractivity contribution in [3.05, 3.63) is 41.2 Å². The Bertz CT molecular complexity index is 1180. The van der Waals surface area contributed by atoms with E-state index in [2.05, 4.69) is 14.9 Å². The summed E-state index contributed by atoms with van der Waals surface area (Å²) < 4.78 is 48.0. The van der Waals surface area contributed by atoms with E-state index in [0.29, 0.717) is 22.8 Å². The monoisotopic (exact) mass is 446 g/mol. The van der Waals surface area contributed by atoms with Crippen LogP contribution in [-0.4, -0.2) is 45.8 Å². The highest BCUT2D eigenvalue weighted by Crippen LogP contribution is 2.42. The Balaban J connectivity index is 1.64. The van der Waals surface area contributed by atoms with Crippen molar-refractivity contribution >= 4 is 22.9 Å². The van der Waals surface area contributed by atoms with Crippen molar-refractivity contribution < 1.29 is 17.9 Å². The van der Waals surface area contributed by atoms with E-state index in [9.17, 15) is 13.2 Å². The number of imidazole rings is 1. The number of aromatic nitrogens is 4. The third-order valence-electron chi connectivity index (χ3n) is 6.08. The van der Waals surface area contributed by atoms with Gasteiger partial charge in [0.15, 0.2) is 17.0 Å². The normalized spacial score (nSPS) is 18.1. The maximum absolute atomic E-state index is 13.6. The number of ether oxygens (including phenoxy) is 1. The topological polar surface area (TPSA) is 82.1 Å². The van der Waals surface area contributed by atoms with Crippen molar-refractivity contribution in [1.29, 1.82) is 0 Å². The van der Waals surface area contributed by atoms with Crippen LogP contribution in [0.2, 0.25) is 0 Å². The van der Waals surface area contributed by atoms with E-state index < -0.39 is 17.2 Å². The van der Waals surface area contributed by atoms with Crippen molar-refractivity contribution in [2.24, 2.45) is 5.41 Å². The lowest BCUT2D eigenvalue weighted by Gasteiger charge is -2.55. The van der Waals surface area contributed by atoms with Gasteiger partial charge in [-0.2, -0.15) is 23.1 Å². The molecule has 1 aromatic carbocycles. The molecule has 1 spiro atoms. The van der Waals surface area contributed by atoms with Gasteiger partial charge in [0, 0.05) is 18.5 Å². The average Bonchev–Trinajstić information content (AvgIpc) is 2.97. The number of hydrogen-bond donors (Lipinski definition) is 1. The number of nitrogens with two attached hydrogens (primary N) is 1. The molecule has 0 aliphatic carbocycles. The van der Waals surface area contributed by atoms with Gasteiger partial charge in [0.2, 0.25) is 5.95 Å². The summed E-state index contributed by atoms with van der Waals surface area (Å²) >= 11 is 0. The Morgan fingerprint density at radius 3 is 2.34 bits per heavy atom. The minimum Gasteiger partial charge on any atom is -0.380 e. The summed E-state index contributed by atoms with van der Waals surface area (Å²) in [4.78, 5) is 15.8. The molecule has 2 aliphatic rings. The molecular weight excluding hydrogens is 421 g/mol. The zero-order valence-corrected chi connectivity index (χ0v) is 18.2. The molecular formula is C22H25F3N6O. The van der Waals surface area contributed by atoms with Crippen LogP contribution in [0.25, 0.3) is 11.2 Å². The zero-order chi connectivity index (χ0) is 22.9. The predicted octanol–water partition coefficient (Wildman–Crippen LogP) is 3.61. The molecule has 7 nitrogen and oxygen atoms in total. The lowest BCUT2D eigenvalue weighted by Crippen LogP contribution is -2.66. The van der Waals surface area contributed by atoms with Crippen LogP contribution < -0.4 is 10.6 Å². The van der Waals surface area contributed by atoms with Crippen molar-refractivity contribution in [1.82, 2.24) is 19.5 Å². The number of nitrogens with zero attached hydrogens (tertiary/aromatic N) is 5. The van der Waals surface area contributed by atoms with E-state index in [0.717, 1.165) is 32.4 Å². The van der Waals surface area contributed by atoms with E-state index in [1.54, 1.807) is 10.6 Å². The Kier molecular flexibility index (Phi) is 4.47. The molecule has 0 saturated carbocycles. The number of benzene rings is 1. The van der Waals surface area contributed by atoms with Crippen molar-refractivity contribution in [2.45, 2.75) is 38.9 Å². The van der Waals surface area contributed by atoms with E-state index in [1.165, 1.54) is 12.1 Å². The minimum absolute atomic E-state index is 0.0214. The largest absolute Gasteiger partial charge is 0.416 e. The highest BCUT2D eigenvalue weighted by Gasteiger charge is 2.50. The number of halogens is 3. The highest BCUT2D eigenvalue weighted by molar-refractivity contribution is 5.86. The summed E-state index contributed by atoms with van der Waals surface area (Å²) in [6.07, 6.45) is -4.45. The molecule has 3 aromatic rings. The van der Waals surface area contributed by atoms with Gasteiger partial charge in [0.25, 0.3) is 0 Å². The Morgan fingerprint density at radius 1 is 1.06 bits per heavy atom. The second kappa shape index (κ2) is 6.81. The minimum atomic E-state index is -4.45. The number of anilines is 2. The zero-order valence-electron chi connectivity index (χ0n) is 18.2. The second-order valence-electron chi connectivity index (χ2n) is 9.85. The molecule has 170 valence electrons. The van der Waals surface area contributed by atoms with Gasteiger partial charge in [-0.1, -0.05) is 39.0 Å². The van der Waals surface area contributed by atoms with Gasteiger partial charge in [-0.25, -0.2) is 4.98 Å². The summed E-state index contributed by atoms with van der Waals surface area (Å²) in [5.74, 6) is 1.33. The molecule has 2 saturated heterocycles. The van der Waals surface area contributed by atoms with Crippen molar-refractivity contribution in [2.75, 3.05) is 36.9 Å². The molecule has 5 rings (SSSR count). The lowest BCUT2D eigenvalue weighted by molar-refractivity contribution is -0.138. The fourth-order valence-electron chi connectivity index (χ4n) is 4.54. The standard InChI is InChI=1S/C22H25F3N6O/c1-20(2,3)18-27-15-16(30-9-21(10-30)11-32-12-21)28-19(26)29-17(15)31(18)8-13-6-4-5-7-14(13)22(23,24)25/h4-7H,8-12H2,1-3H3,(H2,26,28,29). The first kappa shape index (κ1) is 21.0. The molecule has 0 amide bonds. The van der Waals surface area contributed by atoms with Crippen LogP contribution in [0, 0.1) is 5.41 Å². The third kappa shape index (κ3) is 3.37. The van der Waals surface area contributed by atoms with Crippen molar-refractivity contribution in [3.63, 3.8) is 0 Å². The molecule has 2 aliphatic heterocycles. The Labute approximate surface area is 183 Å². The first-order chi connectivity index (χ1) is 15.0. The van der Waals surface area contributed by atoms with Crippen LogP contribution in [0.15, 0.2) is 24.3 Å². The van der Waals surface area contributed by atoms with Crippen molar-refractivity contribution in [3.8, 4) is 0 Å². The second-order valence-corrected chi connectivity index (χ2v) is 9.85. The Hall–Kier alpha value is -2.88. The van der Waals surface area contributed by atoms with E-state index in [4.69, 9.17) is 15.5 Å². The van der Waals surface area contributed by atoms with E-state index in [-0.39, 0.29) is 23.5 Å². The van der Waals surface area contributed by atoms with Gasteiger partial charge in [-0.05, 0) is 11.6 Å². The van der Waals surface area contributed by atoms with Crippen LogP contribution in [0.3, 0.4) is 0 Å². The molecule has 10 heteroatoms. The predicted molar refractivity (Wildman–Crippen MR) is 114 cm³/mol. The average molecular weight is 446 g/mol. The van der Waals surface area contributed by atoms with Gasteiger partial charge in [0.1, 0.15) is 5.82 Å². The Morgan fingerprint density at radius 2 is 1.75 bits per heavy atom. The number of hydrogen-bond acceptors (Lipinski definition) is 6. The van der Waals surface area contributed by atoms with Gasteiger partial charge < -0.3 is 19.9 Å². The van der Waals surface area contributed by atoms with E-state index >= 15 is 0 Å². The lowest BCUT2D eigenvalue weighted by atomic mass is 9.78. The molecule has 2 N–H and O–H groups in total. The molecule has 0 radical (unpaired) electrons. The van der Waals surface area contributed by atoms with Gasteiger partial charge in [-0.3, -0.25) is 0 Å². The van der Waals surface area contributed by atoms with Gasteiger partial charge in [-0.15, -0.1) is 0 Å². The molecule has 0 bridgehead atoms. The first-order valence-corrected chi connectivity index (χ1v) is 10.5. The number of nitrogen functional groups attached to an aromatic ring is 1. The smallest absolute Gasteiger partial charge is 0.380 e. The molecule has 0 atom stereocenters. The quantitative estimate of drug-likeness (QED) is 0.662.